The standard InChI is InChI=1S/C44H26O5/c45-39-17-9-31(10-18-39)1-5-35-25-36(6-2-32-11-19-40(46)20-12-32)28-43(27-35)49-44-29-37(7-3-33-13-21-41(47)22-14-33)26-38(30-44)8-4-34-15-23-42(48)24-16-34/h9-30,45-48H. The number of hydrogen-bond donors (Lipinski definition) is 4. The molecule has 0 atom stereocenters. The molecule has 0 bridgehead atoms. The molecule has 6 aromatic rings. The molecule has 6 rings (SSSR count). The Labute approximate surface area is 284 Å². The van der Waals surface area contributed by atoms with Gasteiger partial charge in [-0.3, -0.25) is 0 Å². The van der Waals surface area contributed by atoms with E-state index < -0.39 is 0 Å². The summed E-state index contributed by atoms with van der Waals surface area (Å²) in [6, 6.07) is 37.5. The molecular formula is C44H26O5. The minimum absolute atomic E-state index is 0.162. The van der Waals surface area contributed by atoms with Gasteiger partial charge in [0.25, 0.3) is 0 Å². The third-order valence-electron chi connectivity index (χ3n) is 6.92. The molecule has 0 aromatic heterocycles. The molecule has 0 heterocycles. The fourth-order valence-electron chi connectivity index (χ4n) is 4.50. The summed E-state index contributed by atoms with van der Waals surface area (Å²) in [6.45, 7) is 0. The van der Waals surface area contributed by atoms with E-state index in [-0.39, 0.29) is 23.0 Å². The Hall–Kier alpha value is -7.44. The van der Waals surface area contributed by atoms with E-state index in [4.69, 9.17) is 4.74 Å². The van der Waals surface area contributed by atoms with Crippen LogP contribution in [-0.4, -0.2) is 20.4 Å². The normalized spacial score (nSPS) is 9.71. The van der Waals surface area contributed by atoms with Gasteiger partial charge >= 0.3 is 0 Å². The molecular weight excluding hydrogens is 608 g/mol. The molecule has 0 aliphatic heterocycles. The summed E-state index contributed by atoms with van der Waals surface area (Å²) in [5.41, 5.74) is 5.59. The topological polar surface area (TPSA) is 90.2 Å². The number of phenols is 4. The molecule has 0 saturated heterocycles. The van der Waals surface area contributed by atoms with Crippen LogP contribution in [0.15, 0.2) is 133 Å². The second-order valence-corrected chi connectivity index (χ2v) is 10.8. The summed E-state index contributed by atoms with van der Waals surface area (Å²) < 4.78 is 6.41. The van der Waals surface area contributed by atoms with Crippen LogP contribution in [0.5, 0.6) is 34.5 Å². The van der Waals surface area contributed by atoms with Crippen molar-refractivity contribution in [3.05, 3.63) is 178 Å². The SMILES string of the molecule is Oc1ccc(C#Cc2cc(C#Cc3ccc(O)cc3)cc(Oc3cc(C#Cc4ccc(O)cc4)cc(C#Cc4ccc(O)cc4)c3)c2)cc1. The first-order valence-electron chi connectivity index (χ1n) is 15.1. The van der Waals surface area contributed by atoms with Crippen LogP contribution in [0.4, 0.5) is 0 Å². The van der Waals surface area contributed by atoms with Gasteiger partial charge < -0.3 is 25.2 Å². The van der Waals surface area contributed by atoms with Crippen LogP contribution in [0.1, 0.15) is 44.5 Å². The third-order valence-corrected chi connectivity index (χ3v) is 6.92. The molecule has 0 unspecified atom stereocenters. The maximum Gasteiger partial charge on any atom is 0.129 e. The van der Waals surface area contributed by atoms with E-state index in [1.54, 1.807) is 97.1 Å². The van der Waals surface area contributed by atoms with Gasteiger partial charge in [-0.15, -0.1) is 0 Å². The number of rotatable bonds is 2. The molecule has 0 aliphatic carbocycles. The minimum Gasteiger partial charge on any atom is -0.508 e. The monoisotopic (exact) mass is 634 g/mol. The first-order chi connectivity index (χ1) is 23.8. The average molecular weight is 635 g/mol. The smallest absolute Gasteiger partial charge is 0.129 e. The van der Waals surface area contributed by atoms with Crippen molar-refractivity contribution in [1.82, 2.24) is 0 Å². The lowest BCUT2D eigenvalue weighted by Gasteiger charge is -2.09. The molecule has 232 valence electrons. The van der Waals surface area contributed by atoms with Gasteiger partial charge in [0.15, 0.2) is 0 Å². The summed E-state index contributed by atoms with van der Waals surface area (Å²) in [7, 11) is 0. The van der Waals surface area contributed by atoms with E-state index >= 15 is 0 Å². The molecule has 0 fully saturated rings. The van der Waals surface area contributed by atoms with Crippen LogP contribution in [0.3, 0.4) is 0 Å². The lowest BCUT2D eigenvalue weighted by atomic mass is 10.1. The van der Waals surface area contributed by atoms with E-state index in [1.165, 1.54) is 0 Å². The number of benzene rings is 6. The Morgan fingerprint density at radius 2 is 0.469 bits per heavy atom. The number of ether oxygens (including phenoxy) is 1. The fourth-order valence-corrected chi connectivity index (χ4v) is 4.50. The maximum atomic E-state index is 9.64. The molecule has 0 amide bonds. The van der Waals surface area contributed by atoms with Crippen LogP contribution >= 0.6 is 0 Å². The van der Waals surface area contributed by atoms with Gasteiger partial charge in [-0.05, 0) is 133 Å². The van der Waals surface area contributed by atoms with Gasteiger partial charge in [0, 0.05) is 44.5 Å². The van der Waals surface area contributed by atoms with Crippen molar-refractivity contribution in [2.45, 2.75) is 0 Å². The zero-order valence-electron chi connectivity index (χ0n) is 25.9. The van der Waals surface area contributed by atoms with E-state index in [0.29, 0.717) is 33.8 Å². The number of hydrogen-bond acceptors (Lipinski definition) is 5. The van der Waals surface area contributed by atoms with E-state index in [9.17, 15) is 20.4 Å². The average Bonchev–Trinajstić information content (AvgIpc) is 3.10. The lowest BCUT2D eigenvalue weighted by molar-refractivity contribution is 0.474. The molecule has 0 spiro atoms. The predicted octanol–water partition coefficient (Wildman–Crippen LogP) is 7.90. The number of phenolic OH excluding ortho intramolecular Hbond substituents is 4. The van der Waals surface area contributed by atoms with Crippen molar-refractivity contribution in [2.24, 2.45) is 0 Å². The summed E-state index contributed by atoms with van der Waals surface area (Å²) >= 11 is 0. The van der Waals surface area contributed by atoms with Crippen molar-refractivity contribution < 1.29 is 25.2 Å². The van der Waals surface area contributed by atoms with E-state index in [2.05, 4.69) is 47.4 Å². The van der Waals surface area contributed by atoms with Gasteiger partial charge in [0.2, 0.25) is 0 Å². The first-order valence-corrected chi connectivity index (χ1v) is 15.1. The van der Waals surface area contributed by atoms with Gasteiger partial charge in [0.05, 0.1) is 0 Å². The zero-order valence-corrected chi connectivity index (χ0v) is 25.9. The summed E-state index contributed by atoms with van der Waals surface area (Å²) in [4.78, 5) is 0. The minimum atomic E-state index is 0.162. The van der Waals surface area contributed by atoms with Crippen molar-refractivity contribution in [3.8, 4) is 81.9 Å². The molecule has 6 aromatic carbocycles. The van der Waals surface area contributed by atoms with Gasteiger partial charge in [0.1, 0.15) is 34.5 Å². The largest absolute Gasteiger partial charge is 0.508 e. The second kappa shape index (κ2) is 14.8. The van der Waals surface area contributed by atoms with Gasteiger partial charge in [-0.25, -0.2) is 0 Å². The molecule has 0 aliphatic rings. The van der Waals surface area contributed by atoms with Crippen LogP contribution in [0, 0.1) is 47.4 Å². The van der Waals surface area contributed by atoms with Gasteiger partial charge in [-0.2, -0.15) is 0 Å². The Balaban J connectivity index is 1.38. The van der Waals surface area contributed by atoms with E-state index in [0.717, 1.165) is 22.3 Å². The van der Waals surface area contributed by atoms with Crippen LogP contribution < -0.4 is 4.74 Å². The molecule has 0 radical (unpaired) electrons. The Morgan fingerprint density at radius 1 is 0.265 bits per heavy atom. The molecule has 5 nitrogen and oxygen atoms in total. The van der Waals surface area contributed by atoms with Crippen molar-refractivity contribution in [2.75, 3.05) is 0 Å². The molecule has 5 heteroatoms. The highest BCUT2D eigenvalue weighted by atomic mass is 16.5. The quantitative estimate of drug-likeness (QED) is 0.146. The predicted molar refractivity (Wildman–Crippen MR) is 189 cm³/mol. The summed E-state index contributed by atoms with van der Waals surface area (Å²) in [5, 5.41) is 38.5. The van der Waals surface area contributed by atoms with Crippen molar-refractivity contribution >= 4 is 0 Å². The first kappa shape index (κ1) is 31.5. The van der Waals surface area contributed by atoms with Gasteiger partial charge in [-0.1, -0.05) is 47.4 Å². The Kier molecular flexibility index (Phi) is 9.51. The number of aromatic hydroxyl groups is 4. The maximum absolute atomic E-state index is 9.64. The second-order valence-electron chi connectivity index (χ2n) is 10.8. The Bertz CT molecular complexity index is 2040. The van der Waals surface area contributed by atoms with Crippen LogP contribution in [0.2, 0.25) is 0 Å². The highest BCUT2D eigenvalue weighted by Crippen LogP contribution is 2.26. The third kappa shape index (κ3) is 9.29. The lowest BCUT2D eigenvalue weighted by Crippen LogP contribution is -1.91. The van der Waals surface area contributed by atoms with Crippen molar-refractivity contribution in [3.63, 3.8) is 0 Å². The summed E-state index contributed by atoms with van der Waals surface area (Å²) in [6.07, 6.45) is 0. The molecule has 49 heavy (non-hydrogen) atoms. The highest BCUT2D eigenvalue weighted by Gasteiger charge is 2.06. The highest BCUT2D eigenvalue weighted by molar-refractivity contribution is 5.56. The molecule has 4 N–H and O–H groups in total. The van der Waals surface area contributed by atoms with Crippen LogP contribution in [0.25, 0.3) is 0 Å². The molecule has 0 saturated carbocycles. The van der Waals surface area contributed by atoms with E-state index in [1.807, 2.05) is 36.4 Å². The zero-order chi connectivity index (χ0) is 34.0. The summed E-state index contributed by atoms with van der Waals surface area (Å²) in [5.74, 6) is 26.8. The Morgan fingerprint density at radius 3 is 0.694 bits per heavy atom. The van der Waals surface area contributed by atoms with Crippen LogP contribution in [-0.2, 0) is 0 Å². The fraction of sp³-hybridized carbons (Fsp3) is 0. The van der Waals surface area contributed by atoms with Crippen molar-refractivity contribution in [1.29, 1.82) is 0 Å².